The Hall–Kier alpha value is -1.35. The topological polar surface area (TPSA) is 49.3 Å². The minimum absolute atomic E-state index is 0.383. The fourth-order valence-corrected chi connectivity index (χ4v) is 2.11. The molecular weight excluding hydrogens is 226 g/mol. The molecule has 0 spiro atoms. The van der Waals surface area contributed by atoms with Crippen molar-refractivity contribution in [3.63, 3.8) is 0 Å². The standard InChI is InChI=1S/C15H21NO2/c1-9(2)11-5-4-10(3)13(8-11)14(15(17)18)16-12-6-7-12/h4-5,8-9,12,14,16H,6-7H2,1-3H3,(H,17,18). The molecule has 0 aromatic heterocycles. The van der Waals surface area contributed by atoms with Crippen molar-refractivity contribution >= 4 is 5.97 Å². The summed E-state index contributed by atoms with van der Waals surface area (Å²) in [5, 5.41) is 12.6. The van der Waals surface area contributed by atoms with Gasteiger partial charge in [-0.2, -0.15) is 0 Å². The quantitative estimate of drug-likeness (QED) is 0.841. The third-order valence-electron chi connectivity index (χ3n) is 3.51. The summed E-state index contributed by atoms with van der Waals surface area (Å²) in [6.45, 7) is 6.22. The normalized spacial score (nSPS) is 16.9. The van der Waals surface area contributed by atoms with Gasteiger partial charge in [0.2, 0.25) is 0 Å². The molecule has 2 rings (SSSR count). The van der Waals surface area contributed by atoms with Crippen LogP contribution in [0.1, 0.15) is 55.3 Å². The van der Waals surface area contributed by atoms with E-state index in [4.69, 9.17) is 0 Å². The molecule has 0 amide bonds. The smallest absolute Gasteiger partial charge is 0.325 e. The zero-order valence-corrected chi connectivity index (χ0v) is 11.2. The van der Waals surface area contributed by atoms with Crippen LogP contribution < -0.4 is 5.32 Å². The van der Waals surface area contributed by atoms with Gasteiger partial charge in [0, 0.05) is 6.04 Å². The van der Waals surface area contributed by atoms with E-state index in [1.807, 2.05) is 19.1 Å². The highest BCUT2D eigenvalue weighted by Gasteiger charge is 2.30. The highest BCUT2D eigenvalue weighted by atomic mass is 16.4. The van der Waals surface area contributed by atoms with Crippen molar-refractivity contribution in [1.82, 2.24) is 5.32 Å². The molecule has 1 aliphatic rings. The first-order valence-electron chi connectivity index (χ1n) is 6.58. The van der Waals surface area contributed by atoms with Crippen LogP contribution in [0, 0.1) is 6.92 Å². The van der Waals surface area contributed by atoms with Crippen LogP contribution in [-0.4, -0.2) is 17.1 Å². The molecule has 3 nitrogen and oxygen atoms in total. The third kappa shape index (κ3) is 2.91. The first kappa shape index (κ1) is 13.1. The average molecular weight is 247 g/mol. The van der Waals surface area contributed by atoms with Crippen LogP contribution >= 0.6 is 0 Å². The molecule has 18 heavy (non-hydrogen) atoms. The maximum absolute atomic E-state index is 11.4. The van der Waals surface area contributed by atoms with E-state index < -0.39 is 12.0 Å². The first-order valence-corrected chi connectivity index (χ1v) is 6.58. The van der Waals surface area contributed by atoms with Gasteiger partial charge in [-0.1, -0.05) is 32.0 Å². The number of carboxylic acids is 1. The van der Waals surface area contributed by atoms with Crippen molar-refractivity contribution < 1.29 is 9.90 Å². The molecule has 1 fully saturated rings. The molecule has 98 valence electrons. The van der Waals surface area contributed by atoms with Gasteiger partial charge in [-0.25, -0.2) is 0 Å². The molecule has 0 heterocycles. The lowest BCUT2D eigenvalue weighted by Gasteiger charge is -2.18. The number of nitrogens with one attached hydrogen (secondary N) is 1. The Balaban J connectivity index is 2.32. The zero-order chi connectivity index (χ0) is 13.3. The van der Waals surface area contributed by atoms with Crippen molar-refractivity contribution in [2.45, 2.75) is 51.6 Å². The number of rotatable bonds is 5. The van der Waals surface area contributed by atoms with Gasteiger partial charge in [0.05, 0.1) is 0 Å². The number of benzene rings is 1. The van der Waals surface area contributed by atoms with E-state index in [1.165, 1.54) is 5.56 Å². The second kappa shape index (κ2) is 5.11. The highest BCUT2D eigenvalue weighted by molar-refractivity contribution is 5.76. The summed E-state index contributed by atoms with van der Waals surface area (Å²) >= 11 is 0. The van der Waals surface area contributed by atoms with Crippen LogP contribution in [-0.2, 0) is 4.79 Å². The van der Waals surface area contributed by atoms with Gasteiger partial charge in [-0.05, 0) is 42.4 Å². The molecule has 0 saturated heterocycles. The van der Waals surface area contributed by atoms with E-state index in [2.05, 4.69) is 25.2 Å². The van der Waals surface area contributed by atoms with E-state index in [1.54, 1.807) is 0 Å². The Kier molecular flexibility index (Phi) is 3.71. The average Bonchev–Trinajstić information content (AvgIpc) is 3.10. The molecule has 1 unspecified atom stereocenters. The molecule has 0 bridgehead atoms. The lowest BCUT2D eigenvalue weighted by molar-refractivity contribution is -0.139. The Labute approximate surface area is 108 Å². The fraction of sp³-hybridized carbons (Fsp3) is 0.533. The maximum Gasteiger partial charge on any atom is 0.325 e. The predicted octanol–water partition coefficient (Wildman–Crippen LogP) is 3.00. The summed E-state index contributed by atoms with van der Waals surface area (Å²) in [4.78, 5) is 11.4. The third-order valence-corrected chi connectivity index (χ3v) is 3.51. The van der Waals surface area contributed by atoms with Crippen LogP contribution in [0.4, 0.5) is 0 Å². The Bertz CT molecular complexity index is 450. The Morgan fingerprint density at radius 2 is 2.06 bits per heavy atom. The minimum atomic E-state index is -0.786. The number of aliphatic carboxylic acids is 1. The van der Waals surface area contributed by atoms with Crippen molar-refractivity contribution in [3.05, 3.63) is 34.9 Å². The highest BCUT2D eigenvalue weighted by Crippen LogP contribution is 2.28. The summed E-state index contributed by atoms with van der Waals surface area (Å²) in [5.41, 5.74) is 3.14. The Morgan fingerprint density at radius 3 is 2.56 bits per heavy atom. The monoisotopic (exact) mass is 247 g/mol. The largest absolute Gasteiger partial charge is 0.480 e. The molecule has 1 atom stereocenters. The molecule has 3 heteroatoms. The van der Waals surface area contributed by atoms with Gasteiger partial charge in [0.1, 0.15) is 6.04 Å². The van der Waals surface area contributed by atoms with Crippen LogP contribution in [0.5, 0.6) is 0 Å². The van der Waals surface area contributed by atoms with Crippen molar-refractivity contribution in [2.24, 2.45) is 0 Å². The van der Waals surface area contributed by atoms with E-state index in [9.17, 15) is 9.90 Å². The van der Waals surface area contributed by atoms with E-state index in [0.717, 1.165) is 24.0 Å². The molecule has 1 saturated carbocycles. The lowest BCUT2D eigenvalue weighted by atomic mass is 9.94. The van der Waals surface area contributed by atoms with E-state index >= 15 is 0 Å². The fourth-order valence-electron chi connectivity index (χ4n) is 2.11. The lowest BCUT2D eigenvalue weighted by Crippen LogP contribution is -2.30. The molecule has 2 N–H and O–H groups in total. The number of hydrogen-bond acceptors (Lipinski definition) is 2. The van der Waals surface area contributed by atoms with Gasteiger partial charge in [0.25, 0.3) is 0 Å². The predicted molar refractivity (Wildman–Crippen MR) is 71.8 cm³/mol. The van der Waals surface area contributed by atoms with Gasteiger partial charge < -0.3 is 5.11 Å². The van der Waals surface area contributed by atoms with Crippen molar-refractivity contribution in [3.8, 4) is 0 Å². The summed E-state index contributed by atoms with van der Waals surface area (Å²) < 4.78 is 0. The van der Waals surface area contributed by atoms with Crippen LogP contribution in [0.15, 0.2) is 18.2 Å². The van der Waals surface area contributed by atoms with Gasteiger partial charge in [-0.15, -0.1) is 0 Å². The number of aryl methyl sites for hydroxylation is 1. The summed E-state index contributed by atoms with van der Waals surface area (Å²) in [6.07, 6.45) is 2.18. The molecule has 1 aromatic carbocycles. The summed E-state index contributed by atoms with van der Waals surface area (Å²) in [6, 6.07) is 5.95. The first-order chi connectivity index (χ1) is 8.49. The second-order valence-electron chi connectivity index (χ2n) is 5.48. The van der Waals surface area contributed by atoms with E-state index in [0.29, 0.717) is 12.0 Å². The van der Waals surface area contributed by atoms with Gasteiger partial charge >= 0.3 is 5.97 Å². The summed E-state index contributed by atoms with van der Waals surface area (Å²) in [5.74, 6) is -0.370. The molecule has 1 aliphatic carbocycles. The van der Waals surface area contributed by atoms with Gasteiger partial charge in [-0.3, -0.25) is 10.1 Å². The Morgan fingerprint density at radius 1 is 1.39 bits per heavy atom. The van der Waals surface area contributed by atoms with Crippen molar-refractivity contribution in [1.29, 1.82) is 0 Å². The number of carboxylic acid groups (broad SMARTS) is 1. The van der Waals surface area contributed by atoms with Gasteiger partial charge in [0.15, 0.2) is 0 Å². The van der Waals surface area contributed by atoms with E-state index in [-0.39, 0.29) is 0 Å². The van der Waals surface area contributed by atoms with Crippen LogP contribution in [0.2, 0.25) is 0 Å². The molecular formula is C15H21NO2. The SMILES string of the molecule is Cc1ccc(C(C)C)cc1C(NC1CC1)C(=O)O. The summed E-state index contributed by atoms with van der Waals surface area (Å²) in [7, 11) is 0. The molecule has 1 aromatic rings. The number of hydrogen-bond donors (Lipinski definition) is 2. The minimum Gasteiger partial charge on any atom is -0.480 e. The van der Waals surface area contributed by atoms with Crippen LogP contribution in [0.3, 0.4) is 0 Å². The van der Waals surface area contributed by atoms with Crippen LogP contribution in [0.25, 0.3) is 0 Å². The maximum atomic E-state index is 11.4. The molecule has 0 aliphatic heterocycles. The second-order valence-corrected chi connectivity index (χ2v) is 5.48. The molecule has 0 radical (unpaired) electrons. The number of carbonyl (C=O) groups is 1. The van der Waals surface area contributed by atoms with Crippen molar-refractivity contribution in [2.75, 3.05) is 0 Å². The zero-order valence-electron chi connectivity index (χ0n) is 11.2.